The molecule has 1 fully saturated rings. The largest absolute Gasteiger partial charge is 0.484 e. The summed E-state index contributed by atoms with van der Waals surface area (Å²) >= 11 is 0. The smallest absolute Gasteiger partial charge is 0.225 e. The Hall–Kier alpha value is -3.06. The molecule has 33 heavy (non-hydrogen) atoms. The number of aromatic nitrogens is 1. The first-order valence-electron chi connectivity index (χ1n) is 12.0. The van der Waals surface area contributed by atoms with Crippen molar-refractivity contribution in [3.8, 4) is 11.6 Å². The summed E-state index contributed by atoms with van der Waals surface area (Å²) in [7, 11) is 0. The number of nitrogens with zero attached hydrogens (tertiary/aromatic N) is 3. The van der Waals surface area contributed by atoms with Crippen molar-refractivity contribution in [1.82, 2.24) is 9.88 Å². The summed E-state index contributed by atoms with van der Waals surface area (Å²) in [5, 5.41) is 2.83. The summed E-state index contributed by atoms with van der Waals surface area (Å²) < 4.78 is 12.0. The molecule has 3 aliphatic rings. The summed E-state index contributed by atoms with van der Waals surface area (Å²) in [6.45, 7) is 7.94. The van der Waals surface area contributed by atoms with Gasteiger partial charge in [0.25, 0.3) is 0 Å². The minimum atomic E-state index is 0.0262. The molecule has 0 saturated carbocycles. The van der Waals surface area contributed by atoms with Crippen molar-refractivity contribution in [2.24, 2.45) is 0 Å². The summed E-state index contributed by atoms with van der Waals surface area (Å²) in [4.78, 5) is 21.0. The topological polar surface area (TPSA) is 66.9 Å². The number of carbonyl (C=O) groups is 1. The minimum absolute atomic E-state index is 0.0262. The Labute approximate surface area is 195 Å². The van der Waals surface area contributed by atoms with Crippen LogP contribution in [0.25, 0.3) is 6.08 Å². The van der Waals surface area contributed by atoms with Crippen LogP contribution in [0.1, 0.15) is 37.3 Å². The van der Waals surface area contributed by atoms with Crippen molar-refractivity contribution < 1.29 is 14.3 Å². The van der Waals surface area contributed by atoms with Gasteiger partial charge in [0.15, 0.2) is 5.75 Å². The number of aryl methyl sites for hydroxylation is 1. The molecule has 0 radical (unpaired) electrons. The van der Waals surface area contributed by atoms with Gasteiger partial charge in [0.1, 0.15) is 11.9 Å². The molecular weight excluding hydrogens is 416 g/mol. The molecule has 1 unspecified atom stereocenters. The molecule has 0 spiro atoms. The lowest BCUT2D eigenvalue weighted by atomic mass is 10.1. The number of fused-ring (bicyclic) bond motifs is 2. The zero-order chi connectivity index (χ0) is 22.6. The highest BCUT2D eigenvalue weighted by Crippen LogP contribution is 2.36. The number of anilines is 2. The van der Waals surface area contributed by atoms with Gasteiger partial charge in [0.05, 0.1) is 12.3 Å². The van der Waals surface area contributed by atoms with Gasteiger partial charge in [-0.15, -0.1) is 0 Å². The number of carbonyl (C=O) groups excluding carboxylic acids is 1. The van der Waals surface area contributed by atoms with E-state index in [2.05, 4.69) is 57.4 Å². The average Bonchev–Trinajstić information content (AvgIpc) is 2.83. The Bertz CT molecular complexity index is 1030. The number of hydrogen-bond acceptors (Lipinski definition) is 6. The second kappa shape index (κ2) is 9.83. The normalized spacial score (nSPS) is 20.0. The van der Waals surface area contributed by atoms with Crippen molar-refractivity contribution in [3.63, 3.8) is 0 Å². The lowest BCUT2D eigenvalue weighted by Crippen LogP contribution is -2.46. The number of piperazine rings is 1. The first-order chi connectivity index (χ1) is 16.2. The molecule has 4 heterocycles. The van der Waals surface area contributed by atoms with Crippen LogP contribution in [0.15, 0.2) is 36.4 Å². The van der Waals surface area contributed by atoms with Gasteiger partial charge in [-0.1, -0.05) is 18.2 Å². The van der Waals surface area contributed by atoms with Gasteiger partial charge in [-0.05, 0) is 56.5 Å². The van der Waals surface area contributed by atoms with Crippen molar-refractivity contribution in [2.75, 3.05) is 49.5 Å². The van der Waals surface area contributed by atoms with E-state index in [-0.39, 0.29) is 12.0 Å². The Morgan fingerprint density at radius 2 is 2.00 bits per heavy atom. The summed E-state index contributed by atoms with van der Waals surface area (Å²) in [5.74, 6) is 2.28. The third kappa shape index (κ3) is 5.14. The molecule has 7 heteroatoms. The highest BCUT2D eigenvalue weighted by molar-refractivity contribution is 5.92. The molecule has 3 aliphatic heterocycles. The fourth-order valence-electron chi connectivity index (χ4n) is 4.64. The fourth-order valence-corrected chi connectivity index (χ4v) is 4.64. The first kappa shape index (κ1) is 21.8. The van der Waals surface area contributed by atoms with Crippen LogP contribution in [-0.4, -0.2) is 61.2 Å². The maximum atomic E-state index is 11.6. The number of pyridine rings is 1. The van der Waals surface area contributed by atoms with Gasteiger partial charge in [-0.2, -0.15) is 4.98 Å². The van der Waals surface area contributed by atoms with E-state index >= 15 is 0 Å². The number of rotatable bonds is 7. The summed E-state index contributed by atoms with van der Waals surface area (Å²) in [5.41, 5.74) is 3.46. The van der Waals surface area contributed by atoms with Crippen molar-refractivity contribution >= 4 is 23.5 Å². The van der Waals surface area contributed by atoms with E-state index in [9.17, 15) is 4.79 Å². The Kier molecular flexibility index (Phi) is 6.48. The van der Waals surface area contributed by atoms with Crippen LogP contribution in [-0.2, 0) is 11.2 Å². The zero-order valence-corrected chi connectivity index (χ0v) is 19.3. The predicted octanol–water partition coefficient (Wildman–Crippen LogP) is 3.74. The molecule has 0 bridgehead atoms. The van der Waals surface area contributed by atoms with Gasteiger partial charge >= 0.3 is 0 Å². The van der Waals surface area contributed by atoms with Crippen LogP contribution in [0, 0.1) is 0 Å². The number of hydrogen-bond donors (Lipinski definition) is 1. The van der Waals surface area contributed by atoms with Gasteiger partial charge < -0.3 is 19.7 Å². The van der Waals surface area contributed by atoms with E-state index in [0.717, 1.165) is 63.3 Å². The van der Waals surface area contributed by atoms with Crippen LogP contribution in [0.4, 0.5) is 11.5 Å². The maximum absolute atomic E-state index is 11.6. The van der Waals surface area contributed by atoms with Crippen LogP contribution in [0.2, 0.25) is 0 Å². The van der Waals surface area contributed by atoms with E-state index in [1.54, 1.807) is 0 Å². The van der Waals surface area contributed by atoms with E-state index in [0.29, 0.717) is 24.7 Å². The molecule has 174 valence electrons. The van der Waals surface area contributed by atoms with Crippen molar-refractivity contribution in [2.45, 2.75) is 38.7 Å². The average molecular weight is 449 g/mol. The fraction of sp³-hybridized carbons (Fsp3) is 0.462. The SMILES string of the molecule is CC1C=Cc2cccc(N3CCN(CCCCOc4ccc5c(n4)NC(=O)CC5)CC3)c2O1. The second-order valence-electron chi connectivity index (χ2n) is 8.97. The standard InChI is InChI=1S/C26H32N4O3/c1-19-7-8-20-5-4-6-22(25(20)33-19)30-16-14-29(15-17-30)13-2-3-18-32-24-12-10-21-9-11-23(31)27-26(21)28-24/h4-8,10,12,19H,2-3,9,11,13-18H2,1H3,(H,27,28,31). The zero-order valence-electron chi connectivity index (χ0n) is 19.3. The molecule has 5 rings (SSSR count). The number of benzene rings is 1. The maximum Gasteiger partial charge on any atom is 0.225 e. The third-order valence-electron chi connectivity index (χ3n) is 6.54. The molecule has 1 saturated heterocycles. The predicted molar refractivity (Wildman–Crippen MR) is 130 cm³/mol. The molecule has 1 N–H and O–H groups in total. The van der Waals surface area contributed by atoms with E-state index in [1.807, 2.05) is 12.1 Å². The highest BCUT2D eigenvalue weighted by Gasteiger charge is 2.23. The molecule has 1 atom stereocenters. The molecular formula is C26H32N4O3. The van der Waals surface area contributed by atoms with Crippen LogP contribution in [0.5, 0.6) is 11.6 Å². The molecule has 2 aromatic rings. The number of unbranched alkanes of at least 4 members (excludes halogenated alkanes) is 1. The molecule has 7 nitrogen and oxygen atoms in total. The van der Waals surface area contributed by atoms with Gasteiger partial charge in [-0.3, -0.25) is 9.69 Å². The first-order valence-corrected chi connectivity index (χ1v) is 12.0. The Morgan fingerprint density at radius 1 is 1.12 bits per heavy atom. The minimum Gasteiger partial charge on any atom is -0.484 e. The van der Waals surface area contributed by atoms with Gasteiger partial charge in [-0.25, -0.2) is 0 Å². The highest BCUT2D eigenvalue weighted by atomic mass is 16.5. The molecule has 0 aliphatic carbocycles. The summed E-state index contributed by atoms with van der Waals surface area (Å²) in [6, 6.07) is 10.3. The van der Waals surface area contributed by atoms with Crippen LogP contribution < -0.4 is 19.7 Å². The monoisotopic (exact) mass is 448 g/mol. The molecule has 1 amide bonds. The van der Waals surface area contributed by atoms with Gasteiger partial charge in [0, 0.05) is 44.2 Å². The number of amides is 1. The Morgan fingerprint density at radius 3 is 2.88 bits per heavy atom. The van der Waals surface area contributed by atoms with Gasteiger partial charge in [0.2, 0.25) is 11.8 Å². The van der Waals surface area contributed by atoms with Crippen LogP contribution in [0.3, 0.4) is 0 Å². The van der Waals surface area contributed by atoms with Crippen molar-refractivity contribution in [3.05, 3.63) is 47.5 Å². The number of ether oxygens (including phenoxy) is 2. The third-order valence-corrected chi connectivity index (χ3v) is 6.54. The number of nitrogens with one attached hydrogen (secondary N) is 1. The van der Waals surface area contributed by atoms with Crippen molar-refractivity contribution in [1.29, 1.82) is 0 Å². The number of para-hydroxylation sites is 1. The molecule has 1 aromatic carbocycles. The summed E-state index contributed by atoms with van der Waals surface area (Å²) in [6.07, 6.45) is 7.74. The van der Waals surface area contributed by atoms with E-state index in [1.165, 1.54) is 11.3 Å². The Balaban J connectivity index is 1.04. The lowest BCUT2D eigenvalue weighted by molar-refractivity contribution is -0.116. The quantitative estimate of drug-likeness (QED) is 0.651. The second-order valence-corrected chi connectivity index (χ2v) is 8.97. The lowest BCUT2D eigenvalue weighted by Gasteiger charge is -2.37. The van der Waals surface area contributed by atoms with Crippen LogP contribution >= 0.6 is 0 Å². The van der Waals surface area contributed by atoms with E-state index in [4.69, 9.17) is 9.47 Å². The molecule has 1 aromatic heterocycles. The van der Waals surface area contributed by atoms with E-state index < -0.39 is 0 Å².